The molecule has 33 heavy (non-hydrogen) atoms. The molecule has 0 N–H and O–H groups in total. The maximum atomic E-state index is 11.2. The van der Waals surface area contributed by atoms with E-state index in [4.69, 9.17) is 0 Å². The first-order chi connectivity index (χ1) is 15.5. The first-order valence-corrected chi connectivity index (χ1v) is 10.2. The zero-order valence-electron chi connectivity index (χ0n) is 18.5. The molecule has 0 aromatic rings. The fourth-order valence-electron chi connectivity index (χ4n) is 2.57. The normalized spacial score (nSPS) is 15.2. The summed E-state index contributed by atoms with van der Waals surface area (Å²) in [5, 5.41) is 0.997. The number of carbonyl (C=O) groups is 8. The van der Waals surface area contributed by atoms with Crippen molar-refractivity contribution in [1.29, 1.82) is 0 Å². The van der Waals surface area contributed by atoms with E-state index in [2.05, 4.69) is 14.4 Å². The minimum absolute atomic E-state index is 0.0128. The van der Waals surface area contributed by atoms with Crippen molar-refractivity contribution in [2.24, 2.45) is 0 Å². The van der Waals surface area contributed by atoms with Gasteiger partial charge in [-0.15, -0.1) is 10.1 Å². The van der Waals surface area contributed by atoms with Gasteiger partial charge in [0.05, 0.1) is 7.11 Å². The zero-order chi connectivity index (χ0) is 25.0. The minimum Gasteiger partial charge on any atom is -0.469 e. The zero-order valence-corrected chi connectivity index (χ0v) is 18.5. The molecule has 2 aliphatic heterocycles. The van der Waals surface area contributed by atoms with Crippen LogP contribution in [0.5, 0.6) is 0 Å². The molecule has 2 aliphatic rings. The van der Waals surface area contributed by atoms with E-state index in [1.54, 1.807) is 0 Å². The van der Waals surface area contributed by atoms with Crippen LogP contribution in [0.4, 0.5) is 0 Å². The maximum absolute atomic E-state index is 11.2. The Morgan fingerprint density at radius 2 is 0.970 bits per heavy atom. The molecule has 2 fully saturated rings. The van der Waals surface area contributed by atoms with Crippen LogP contribution in [0.2, 0.25) is 0 Å². The Kier molecular flexibility index (Phi) is 11.4. The molecule has 0 unspecified atom stereocenters. The second kappa shape index (κ2) is 13.7. The Hall–Kier alpha value is -3.64. The molecular formula is C20H26N2O11. The van der Waals surface area contributed by atoms with Crippen molar-refractivity contribution in [2.75, 3.05) is 7.11 Å². The molecule has 0 spiro atoms. The summed E-state index contributed by atoms with van der Waals surface area (Å²) in [5.74, 6) is -3.84. The molecule has 13 heteroatoms. The molecule has 0 aromatic carbocycles. The van der Waals surface area contributed by atoms with Gasteiger partial charge >= 0.3 is 17.9 Å². The van der Waals surface area contributed by atoms with Gasteiger partial charge < -0.3 is 19.2 Å². The number of methoxy groups -OCH3 is 1. The van der Waals surface area contributed by atoms with Crippen LogP contribution in [0.15, 0.2) is 0 Å². The quantitative estimate of drug-likeness (QED) is 0.317. The van der Waals surface area contributed by atoms with Crippen LogP contribution < -0.4 is 0 Å². The second-order valence-electron chi connectivity index (χ2n) is 7.08. The van der Waals surface area contributed by atoms with Gasteiger partial charge in [0, 0.05) is 51.4 Å². The number of amides is 4. The molecule has 0 saturated carbocycles. The number of nitrogens with zero attached hydrogens (tertiary/aromatic N) is 2. The Labute approximate surface area is 189 Å². The largest absolute Gasteiger partial charge is 0.469 e. The van der Waals surface area contributed by atoms with Crippen LogP contribution in [-0.4, -0.2) is 64.6 Å². The third-order valence-electron chi connectivity index (χ3n) is 4.30. The monoisotopic (exact) mass is 470 g/mol. The van der Waals surface area contributed by atoms with E-state index in [0.717, 1.165) is 0 Å². The number of ether oxygens (including phenoxy) is 1. The summed E-state index contributed by atoms with van der Waals surface area (Å²) in [6.45, 7) is 1.43. The Morgan fingerprint density at radius 3 is 1.30 bits per heavy atom. The summed E-state index contributed by atoms with van der Waals surface area (Å²) >= 11 is 0. The Bertz CT molecular complexity index is 789. The summed E-state index contributed by atoms with van der Waals surface area (Å²) in [6.07, 6.45) is 1.26. The van der Waals surface area contributed by atoms with Gasteiger partial charge in [-0.1, -0.05) is 0 Å². The van der Waals surface area contributed by atoms with E-state index in [1.807, 2.05) is 0 Å². The number of carbonyl (C=O) groups excluding carboxylic acids is 8. The first kappa shape index (κ1) is 27.4. The highest BCUT2D eigenvalue weighted by atomic mass is 16.7. The van der Waals surface area contributed by atoms with Gasteiger partial charge in [-0.25, -0.2) is 9.59 Å². The van der Waals surface area contributed by atoms with Crippen LogP contribution in [0.3, 0.4) is 0 Å². The molecule has 182 valence electrons. The van der Waals surface area contributed by atoms with Crippen molar-refractivity contribution in [1.82, 2.24) is 10.1 Å². The molecule has 2 saturated heterocycles. The predicted molar refractivity (Wildman–Crippen MR) is 105 cm³/mol. The smallest absolute Gasteiger partial charge is 0.333 e. The van der Waals surface area contributed by atoms with Gasteiger partial charge in [0.25, 0.3) is 23.6 Å². The van der Waals surface area contributed by atoms with Crippen molar-refractivity contribution in [3.05, 3.63) is 0 Å². The molecule has 0 aliphatic carbocycles. The highest BCUT2D eigenvalue weighted by Gasteiger charge is 2.33. The SMILES string of the molecule is CC(=O)CCCC(=O)ON1C(=O)CCC1=O.COC(=O)CCCC(=O)ON1C(=O)CCC1=O. The van der Waals surface area contributed by atoms with E-state index < -0.39 is 41.5 Å². The predicted octanol–water partition coefficient (Wildman–Crippen LogP) is 0.290. The van der Waals surface area contributed by atoms with Crippen molar-refractivity contribution in [3.8, 4) is 0 Å². The van der Waals surface area contributed by atoms with Gasteiger partial charge in [-0.3, -0.25) is 24.0 Å². The van der Waals surface area contributed by atoms with E-state index in [0.29, 0.717) is 16.5 Å². The molecule has 2 rings (SSSR count). The Balaban J connectivity index is 0.000000331. The average Bonchev–Trinajstić information content (AvgIpc) is 3.24. The van der Waals surface area contributed by atoms with Gasteiger partial charge in [0.2, 0.25) is 0 Å². The number of ketones is 1. The summed E-state index contributed by atoms with van der Waals surface area (Å²) < 4.78 is 4.39. The minimum atomic E-state index is -0.711. The van der Waals surface area contributed by atoms with Gasteiger partial charge in [-0.2, -0.15) is 0 Å². The van der Waals surface area contributed by atoms with Crippen LogP contribution in [0.1, 0.15) is 71.1 Å². The fourth-order valence-corrected chi connectivity index (χ4v) is 2.57. The van der Waals surface area contributed by atoms with E-state index in [-0.39, 0.29) is 63.6 Å². The molecule has 2 heterocycles. The van der Waals surface area contributed by atoms with Crippen molar-refractivity contribution in [3.63, 3.8) is 0 Å². The topological polar surface area (TPSA) is 171 Å². The van der Waals surface area contributed by atoms with Crippen molar-refractivity contribution >= 4 is 47.3 Å². The summed E-state index contributed by atoms with van der Waals surface area (Å²) in [6, 6.07) is 0. The van der Waals surface area contributed by atoms with Crippen LogP contribution >= 0.6 is 0 Å². The van der Waals surface area contributed by atoms with Gasteiger partial charge in [-0.05, 0) is 19.8 Å². The summed E-state index contributed by atoms with van der Waals surface area (Å²) in [7, 11) is 1.25. The fraction of sp³-hybridized carbons (Fsp3) is 0.600. The van der Waals surface area contributed by atoms with Crippen molar-refractivity contribution in [2.45, 2.75) is 71.1 Å². The number of esters is 1. The molecule has 0 bridgehead atoms. The lowest BCUT2D eigenvalue weighted by Crippen LogP contribution is -2.32. The summed E-state index contributed by atoms with van der Waals surface area (Å²) in [4.78, 5) is 97.3. The molecular weight excluding hydrogens is 444 g/mol. The van der Waals surface area contributed by atoms with Crippen LogP contribution in [-0.2, 0) is 52.8 Å². The number of imide groups is 2. The molecule has 4 amide bonds. The number of hydrogen-bond acceptors (Lipinski definition) is 11. The van der Waals surface area contributed by atoms with E-state index in [1.165, 1.54) is 14.0 Å². The molecule has 0 radical (unpaired) electrons. The van der Waals surface area contributed by atoms with Crippen LogP contribution in [0, 0.1) is 0 Å². The lowest BCUT2D eigenvalue weighted by molar-refractivity contribution is -0.197. The van der Waals surface area contributed by atoms with E-state index in [9.17, 15) is 38.4 Å². The highest BCUT2D eigenvalue weighted by molar-refractivity contribution is 6.02. The maximum Gasteiger partial charge on any atom is 0.333 e. The lowest BCUT2D eigenvalue weighted by Gasteiger charge is -2.12. The number of hydroxylamine groups is 4. The molecule has 0 atom stereocenters. The third-order valence-corrected chi connectivity index (χ3v) is 4.30. The van der Waals surface area contributed by atoms with Crippen molar-refractivity contribution < 1.29 is 52.8 Å². The lowest BCUT2D eigenvalue weighted by atomic mass is 10.2. The average molecular weight is 470 g/mol. The Morgan fingerprint density at radius 1 is 0.636 bits per heavy atom. The molecule has 13 nitrogen and oxygen atoms in total. The standard InChI is InChI=1S/C10H13NO6.C10H13NO5/c1-16-9(14)3-2-4-10(15)17-11-7(12)5-6-8(11)13;1-7(12)3-2-4-10(15)16-11-8(13)5-6-9(11)14/h2-6H2,1H3;2-6H2,1H3. The number of hydrogen-bond donors (Lipinski definition) is 0. The number of rotatable bonds is 10. The van der Waals surface area contributed by atoms with Gasteiger partial charge in [0.1, 0.15) is 5.78 Å². The third kappa shape index (κ3) is 10.0. The van der Waals surface area contributed by atoms with Gasteiger partial charge in [0.15, 0.2) is 0 Å². The number of Topliss-reactive ketones (excluding diaryl/α,β-unsaturated/α-hetero) is 1. The second-order valence-corrected chi connectivity index (χ2v) is 7.08. The molecule has 0 aromatic heterocycles. The first-order valence-electron chi connectivity index (χ1n) is 10.2. The van der Waals surface area contributed by atoms with Crippen LogP contribution in [0.25, 0.3) is 0 Å². The summed E-state index contributed by atoms with van der Waals surface area (Å²) in [5.41, 5.74) is 0. The highest BCUT2D eigenvalue weighted by Crippen LogP contribution is 2.14. The van der Waals surface area contributed by atoms with E-state index >= 15 is 0 Å².